The quantitative estimate of drug-likeness (QED) is 0.436. The van der Waals surface area contributed by atoms with Crippen molar-refractivity contribution in [3.05, 3.63) is 60.3 Å². The van der Waals surface area contributed by atoms with Gasteiger partial charge in [0.15, 0.2) is 0 Å². The van der Waals surface area contributed by atoms with Crippen LogP contribution in [0.4, 0.5) is 29.3 Å². The molecule has 3 amide bonds. The fraction of sp³-hybridized carbons (Fsp3) is 0.346. The Hall–Kier alpha value is -3.82. The molecule has 2 saturated heterocycles. The Morgan fingerprint density at radius 1 is 0.972 bits per heavy atom. The van der Waals surface area contributed by atoms with Crippen molar-refractivity contribution in [3.63, 3.8) is 0 Å². The van der Waals surface area contributed by atoms with Crippen LogP contribution in [0.25, 0.3) is 10.9 Å². The Labute approximate surface area is 206 Å². The maximum absolute atomic E-state index is 13.2. The molecule has 1 atom stereocenters. The highest BCUT2D eigenvalue weighted by Gasteiger charge is 2.43. The summed E-state index contributed by atoms with van der Waals surface area (Å²) in [6.07, 6.45) is 0.456. The lowest BCUT2D eigenvalue weighted by molar-refractivity contribution is -0.274. The lowest BCUT2D eigenvalue weighted by atomic mass is 10.1. The van der Waals surface area contributed by atoms with Gasteiger partial charge in [0, 0.05) is 36.9 Å². The van der Waals surface area contributed by atoms with E-state index in [1.807, 2.05) is 12.1 Å². The molecule has 0 spiro atoms. The van der Waals surface area contributed by atoms with E-state index in [2.05, 4.69) is 26.8 Å². The van der Waals surface area contributed by atoms with E-state index >= 15 is 0 Å². The van der Waals surface area contributed by atoms with Gasteiger partial charge >= 0.3 is 12.4 Å². The molecule has 2 aliphatic rings. The maximum Gasteiger partial charge on any atom is 0.573 e. The number of imide groups is 1. The summed E-state index contributed by atoms with van der Waals surface area (Å²) >= 11 is 0. The van der Waals surface area contributed by atoms with E-state index in [1.165, 1.54) is 36.3 Å². The number of pyridine rings is 1. The smallest absolute Gasteiger partial charge is 0.406 e. The number of anilines is 2. The van der Waals surface area contributed by atoms with E-state index in [0.717, 1.165) is 52.3 Å². The molecule has 7 nitrogen and oxygen atoms in total. The number of benzene rings is 2. The molecule has 0 saturated carbocycles. The summed E-state index contributed by atoms with van der Waals surface area (Å²) in [5.74, 6) is -0.877. The minimum Gasteiger partial charge on any atom is -0.406 e. The van der Waals surface area contributed by atoms with Gasteiger partial charge < -0.3 is 14.5 Å². The highest BCUT2D eigenvalue weighted by molar-refractivity contribution is 6.21. The van der Waals surface area contributed by atoms with E-state index in [-0.39, 0.29) is 12.2 Å². The van der Waals surface area contributed by atoms with E-state index in [4.69, 9.17) is 0 Å². The average molecular weight is 499 g/mol. The molecule has 2 fully saturated rings. The second-order valence-corrected chi connectivity index (χ2v) is 9.02. The average Bonchev–Trinajstić information content (AvgIpc) is 3.07. The fourth-order valence-corrected chi connectivity index (χ4v) is 4.81. The van der Waals surface area contributed by atoms with E-state index in [9.17, 15) is 22.8 Å². The van der Waals surface area contributed by atoms with E-state index < -0.39 is 30.1 Å². The molecular formula is C26H25F3N4O3. The Morgan fingerprint density at radius 2 is 1.67 bits per heavy atom. The van der Waals surface area contributed by atoms with Crippen LogP contribution in [0.5, 0.6) is 5.75 Å². The van der Waals surface area contributed by atoms with Gasteiger partial charge in [0.2, 0.25) is 0 Å². The highest BCUT2D eigenvalue weighted by Crippen LogP contribution is 2.31. The number of amides is 3. The number of halogens is 3. The van der Waals surface area contributed by atoms with Gasteiger partial charge in [-0.25, -0.2) is 9.69 Å². The molecule has 2 aliphatic heterocycles. The second-order valence-electron chi connectivity index (χ2n) is 9.02. The van der Waals surface area contributed by atoms with Crippen LogP contribution in [0.15, 0.2) is 54.7 Å². The Balaban J connectivity index is 1.37. The first-order valence-electron chi connectivity index (χ1n) is 11.8. The van der Waals surface area contributed by atoms with Crippen molar-refractivity contribution in [2.45, 2.75) is 45.1 Å². The zero-order chi connectivity index (χ0) is 25.4. The largest absolute Gasteiger partial charge is 0.573 e. The van der Waals surface area contributed by atoms with Crippen LogP contribution >= 0.6 is 0 Å². The number of carbonyl (C=O) groups excluding carboxylic acids is 2. The first-order valence-corrected chi connectivity index (χ1v) is 11.8. The van der Waals surface area contributed by atoms with Gasteiger partial charge in [-0.3, -0.25) is 9.78 Å². The van der Waals surface area contributed by atoms with Crippen LogP contribution in [0.2, 0.25) is 0 Å². The number of hydrogen-bond acceptors (Lipinski definition) is 5. The number of urea groups is 1. The summed E-state index contributed by atoms with van der Waals surface area (Å²) in [4.78, 5) is 35.5. The van der Waals surface area contributed by atoms with Gasteiger partial charge in [0.05, 0.1) is 11.2 Å². The number of piperidine rings is 1. The molecule has 1 unspecified atom stereocenters. The molecule has 0 aliphatic carbocycles. The number of carbonyl (C=O) groups is 2. The zero-order valence-corrected chi connectivity index (χ0v) is 19.7. The summed E-state index contributed by atoms with van der Waals surface area (Å²) < 4.78 is 41.2. The molecule has 0 N–H and O–H groups in total. The van der Waals surface area contributed by atoms with Crippen molar-refractivity contribution in [1.82, 2.24) is 9.88 Å². The molecule has 188 valence electrons. The number of hydrogen-bond donors (Lipinski definition) is 0. The molecule has 3 aromatic rings. The minimum atomic E-state index is -4.83. The van der Waals surface area contributed by atoms with Crippen molar-refractivity contribution in [2.75, 3.05) is 22.9 Å². The van der Waals surface area contributed by atoms with Crippen molar-refractivity contribution in [2.24, 2.45) is 0 Å². The number of fused-ring (bicyclic) bond motifs is 1. The van der Waals surface area contributed by atoms with Crippen LogP contribution < -0.4 is 14.5 Å². The highest BCUT2D eigenvalue weighted by atomic mass is 19.4. The number of rotatable bonds is 5. The summed E-state index contributed by atoms with van der Waals surface area (Å²) in [5.41, 5.74) is 2.98. The molecule has 3 heterocycles. The van der Waals surface area contributed by atoms with Crippen LogP contribution in [0, 0.1) is 0 Å². The number of ether oxygens (including phenoxy) is 1. The molecule has 5 rings (SSSR count). The van der Waals surface area contributed by atoms with Gasteiger partial charge in [-0.05, 0) is 74.2 Å². The number of alkyl halides is 3. The minimum absolute atomic E-state index is 0.180. The monoisotopic (exact) mass is 498 g/mol. The second kappa shape index (κ2) is 9.33. The third kappa shape index (κ3) is 4.67. The molecule has 1 aromatic heterocycles. The van der Waals surface area contributed by atoms with Crippen LogP contribution in [-0.2, 0) is 11.3 Å². The van der Waals surface area contributed by atoms with Gasteiger partial charge in [-0.2, -0.15) is 0 Å². The molecule has 2 aromatic carbocycles. The first kappa shape index (κ1) is 23.9. The van der Waals surface area contributed by atoms with E-state index in [0.29, 0.717) is 0 Å². The summed E-state index contributed by atoms with van der Waals surface area (Å²) in [6.45, 7) is 3.87. The van der Waals surface area contributed by atoms with E-state index in [1.54, 1.807) is 13.1 Å². The Morgan fingerprint density at radius 3 is 2.36 bits per heavy atom. The fourth-order valence-electron chi connectivity index (χ4n) is 4.81. The normalized spacial score (nSPS) is 18.9. The molecule has 0 bridgehead atoms. The topological polar surface area (TPSA) is 66.0 Å². The van der Waals surface area contributed by atoms with Crippen molar-refractivity contribution < 1.29 is 27.5 Å². The standard InChI is InChI=1S/C26H25F3N4O3/c1-17-24(34)33(19-5-8-21(9-6-19)36-26(27,28)29)25(35)32(17)16-18-11-12-30-23-15-20(7-10-22(18)23)31-13-3-2-4-14-31/h5-12,15,17H,2-4,13-14,16H2,1H3. The zero-order valence-electron chi connectivity index (χ0n) is 19.7. The summed E-state index contributed by atoms with van der Waals surface area (Å²) in [7, 11) is 0. The van der Waals surface area contributed by atoms with Crippen LogP contribution in [0.1, 0.15) is 31.7 Å². The van der Waals surface area contributed by atoms with Crippen molar-refractivity contribution >= 4 is 34.2 Å². The predicted molar refractivity (Wildman–Crippen MR) is 129 cm³/mol. The SMILES string of the molecule is CC1C(=O)N(c2ccc(OC(F)(F)F)cc2)C(=O)N1Cc1ccnc2cc(N3CCCCC3)ccc12. The lowest BCUT2D eigenvalue weighted by Crippen LogP contribution is -2.33. The lowest BCUT2D eigenvalue weighted by Gasteiger charge is -2.29. The predicted octanol–water partition coefficient (Wildman–Crippen LogP) is 5.48. The van der Waals surface area contributed by atoms with Crippen LogP contribution in [-0.4, -0.2) is 47.3 Å². The first-order chi connectivity index (χ1) is 17.2. The van der Waals surface area contributed by atoms with Gasteiger partial charge in [-0.15, -0.1) is 13.2 Å². The molecule has 36 heavy (non-hydrogen) atoms. The Kier molecular flexibility index (Phi) is 6.19. The summed E-state index contributed by atoms with van der Waals surface area (Å²) in [5, 5.41) is 0.901. The van der Waals surface area contributed by atoms with Gasteiger partial charge in [0.1, 0.15) is 11.8 Å². The van der Waals surface area contributed by atoms with Crippen LogP contribution in [0.3, 0.4) is 0 Å². The molecular weight excluding hydrogens is 473 g/mol. The summed E-state index contributed by atoms with van der Waals surface area (Å²) in [6, 6.07) is 11.4. The Bertz CT molecular complexity index is 1290. The van der Waals surface area contributed by atoms with Gasteiger partial charge in [-0.1, -0.05) is 6.07 Å². The molecule has 10 heteroatoms. The third-order valence-electron chi connectivity index (χ3n) is 6.69. The molecule has 0 radical (unpaired) electrons. The van der Waals surface area contributed by atoms with Gasteiger partial charge in [0.25, 0.3) is 5.91 Å². The third-order valence-corrected chi connectivity index (χ3v) is 6.69. The number of aromatic nitrogens is 1. The van der Waals surface area contributed by atoms with Crippen molar-refractivity contribution in [3.8, 4) is 5.75 Å². The number of nitrogens with zero attached hydrogens (tertiary/aromatic N) is 4. The van der Waals surface area contributed by atoms with Crippen molar-refractivity contribution in [1.29, 1.82) is 0 Å². The maximum atomic E-state index is 13.2.